The highest BCUT2D eigenvalue weighted by atomic mass is 16.5. The van der Waals surface area contributed by atoms with E-state index in [1.165, 1.54) is 38.5 Å². The summed E-state index contributed by atoms with van der Waals surface area (Å²) >= 11 is 0. The first-order valence-electron chi connectivity index (χ1n) is 6.42. The summed E-state index contributed by atoms with van der Waals surface area (Å²) in [4.78, 5) is 0. The fourth-order valence-corrected chi connectivity index (χ4v) is 2.18. The molecule has 0 aromatic carbocycles. The summed E-state index contributed by atoms with van der Waals surface area (Å²) in [6.45, 7) is 3.30. The average molecular weight is 209 g/mol. The number of rotatable bonds is 6. The average Bonchev–Trinajstić information content (AvgIpc) is 3.09. The molecule has 1 aliphatic carbocycles. The molecule has 1 N–H and O–H groups in total. The van der Waals surface area contributed by atoms with Crippen molar-refractivity contribution in [2.45, 2.75) is 57.6 Å². The quantitative estimate of drug-likeness (QED) is 0.726. The molecule has 86 valence electrons. The molecule has 2 nitrogen and oxygen atoms in total. The smallest absolute Gasteiger partial charge is 0.110 e. The van der Waals surface area contributed by atoms with E-state index in [9.17, 15) is 0 Å². The van der Waals surface area contributed by atoms with E-state index in [1.54, 1.807) is 0 Å². The third-order valence-electron chi connectivity index (χ3n) is 3.46. The molecule has 0 bridgehead atoms. The van der Waals surface area contributed by atoms with E-state index in [2.05, 4.69) is 18.3 Å². The lowest BCUT2D eigenvalue weighted by Gasteiger charge is -2.23. The maximum atomic E-state index is 5.55. The van der Waals surface area contributed by atoms with Gasteiger partial charge in [0.1, 0.15) is 6.10 Å². The van der Waals surface area contributed by atoms with Crippen LogP contribution in [0.25, 0.3) is 0 Å². The van der Waals surface area contributed by atoms with Gasteiger partial charge in [-0.15, -0.1) is 0 Å². The molecule has 15 heavy (non-hydrogen) atoms. The van der Waals surface area contributed by atoms with Gasteiger partial charge in [0.2, 0.25) is 0 Å². The number of hydrogen-bond acceptors (Lipinski definition) is 2. The van der Waals surface area contributed by atoms with Crippen molar-refractivity contribution in [2.75, 3.05) is 6.54 Å². The lowest BCUT2D eigenvalue weighted by Crippen LogP contribution is -2.36. The second-order valence-electron chi connectivity index (χ2n) is 4.90. The normalized spacial score (nSPS) is 27.4. The van der Waals surface area contributed by atoms with E-state index < -0.39 is 0 Å². The van der Waals surface area contributed by atoms with Gasteiger partial charge in [-0.1, -0.05) is 19.8 Å². The SMILES string of the molecule is CCC(CC1CC1)NCC1CCC=CO1. The molecule has 1 aliphatic heterocycles. The van der Waals surface area contributed by atoms with E-state index >= 15 is 0 Å². The molecule has 1 fully saturated rings. The molecule has 0 aromatic heterocycles. The Labute approximate surface area is 93.1 Å². The number of hydrogen-bond donors (Lipinski definition) is 1. The van der Waals surface area contributed by atoms with Crippen LogP contribution in [-0.4, -0.2) is 18.7 Å². The van der Waals surface area contributed by atoms with Crippen LogP contribution in [0.2, 0.25) is 0 Å². The number of ether oxygens (including phenoxy) is 1. The third kappa shape index (κ3) is 3.86. The molecule has 2 aliphatic rings. The van der Waals surface area contributed by atoms with Crippen LogP contribution in [-0.2, 0) is 4.74 Å². The summed E-state index contributed by atoms with van der Waals surface area (Å²) in [7, 11) is 0. The zero-order valence-electron chi connectivity index (χ0n) is 9.74. The fourth-order valence-electron chi connectivity index (χ4n) is 2.18. The standard InChI is InChI=1S/C13H23NO/c1-2-12(9-11-6-7-11)14-10-13-5-3-4-8-15-13/h4,8,11-14H,2-3,5-7,9-10H2,1H3. The van der Waals surface area contributed by atoms with Crippen molar-refractivity contribution in [3.05, 3.63) is 12.3 Å². The van der Waals surface area contributed by atoms with Gasteiger partial charge in [0, 0.05) is 12.6 Å². The summed E-state index contributed by atoms with van der Waals surface area (Å²) < 4.78 is 5.55. The lowest BCUT2D eigenvalue weighted by atomic mass is 10.1. The van der Waals surface area contributed by atoms with Gasteiger partial charge in [-0.25, -0.2) is 0 Å². The molecular weight excluding hydrogens is 186 g/mol. The molecule has 2 heteroatoms. The maximum Gasteiger partial charge on any atom is 0.110 e. The topological polar surface area (TPSA) is 21.3 Å². The van der Waals surface area contributed by atoms with Crippen molar-refractivity contribution < 1.29 is 4.74 Å². The van der Waals surface area contributed by atoms with Gasteiger partial charge >= 0.3 is 0 Å². The molecule has 1 heterocycles. The molecule has 2 rings (SSSR count). The van der Waals surface area contributed by atoms with Crippen molar-refractivity contribution in [1.82, 2.24) is 5.32 Å². The maximum absolute atomic E-state index is 5.55. The zero-order valence-corrected chi connectivity index (χ0v) is 9.74. The van der Waals surface area contributed by atoms with Gasteiger partial charge < -0.3 is 10.1 Å². The summed E-state index contributed by atoms with van der Waals surface area (Å²) in [6, 6.07) is 0.715. The molecule has 0 aromatic rings. The first kappa shape index (κ1) is 11.0. The Morgan fingerprint density at radius 1 is 1.40 bits per heavy atom. The van der Waals surface area contributed by atoms with Crippen LogP contribution < -0.4 is 5.32 Å². The van der Waals surface area contributed by atoms with Crippen LogP contribution in [0, 0.1) is 5.92 Å². The number of nitrogens with one attached hydrogen (secondary N) is 1. The first-order valence-corrected chi connectivity index (χ1v) is 6.42. The van der Waals surface area contributed by atoms with Crippen molar-refractivity contribution >= 4 is 0 Å². The van der Waals surface area contributed by atoms with Gasteiger partial charge in [-0.3, -0.25) is 0 Å². The molecular formula is C13H23NO. The van der Waals surface area contributed by atoms with Gasteiger partial charge in [0.15, 0.2) is 0 Å². The summed E-state index contributed by atoms with van der Waals surface area (Å²) in [5, 5.41) is 3.65. The van der Waals surface area contributed by atoms with E-state index in [0.29, 0.717) is 12.1 Å². The summed E-state index contributed by atoms with van der Waals surface area (Å²) in [5.41, 5.74) is 0. The monoisotopic (exact) mass is 209 g/mol. The predicted molar refractivity (Wildman–Crippen MR) is 62.7 cm³/mol. The highest BCUT2D eigenvalue weighted by molar-refractivity contribution is 4.85. The molecule has 2 atom stereocenters. The Bertz CT molecular complexity index is 211. The van der Waals surface area contributed by atoms with E-state index in [4.69, 9.17) is 4.74 Å². The first-order chi connectivity index (χ1) is 7.38. The van der Waals surface area contributed by atoms with Crippen LogP contribution in [0.4, 0.5) is 0 Å². The van der Waals surface area contributed by atoms with Gasteiger partial charge in [0.25, 0.3) is 0 Å². The summed E-state index contributed by atoms with van der Waals surface area (Å²) in [6.07, 6.45) is 12.3. The van der Waals surface area contributed by atoms with Gasteiger partial charge in [-0.05, 0) is 37.7 Å². The predicted octanol–water partition coefficient (Wildman–Crippen LogP) is 2.85. The summed E-state index contributed by atoms with van der Waals surface area (Å²) in [5.74, 6) is 1.02. The van der Waals surface area contributed by atoms with Crippen LogP contribution in [0.5, 0.6) is 0 Å². The van der Waals surface area contributed by atoms with Crippen molar-refractivity contribution in [1.29, 1.82) is 0 Å². The highest BCUT2D eigenvalue weighted by Crippen LogP contribution is 2.34. The molecule has 0 radical (unpaired) electrons. The highest BCUT2D eigenvalue weighted by Gasteiger charge is 2.25. The van der Waals surface area contributed by atoms with E-state index in [0.717, 1.165) is 12.5 Å². The molecule has 0 saturated heterocycles. The van der Waals surface area contributed by atoms with Crippen molar-refractivity contribution in [3.63, 3.8) is 0 Å². The number of allylic oxidation sites excluding steroid dienone is 1. The van der Waals surface area contributed by atoms with Crippen LogP contribution in [0.15, 0.2) is 12.3 Å². The van der Waals surface area contributed by atoms with E-state index in [-0.39, 0.29) is 0 Å². The Morgan fingerprint density at radius 3 is 2.87 bits per heavy atom. The zero-order chi connectivity index (χ0) is 10.5. The Hall–Kier alpha value is -0.500. The molecule has 1 saturated carbocycles. The second kappa shape index (κ2) is 5.55. The van der Waals surface area contributed by atoms with Crippen LogP contribution in [0.1, 0.15) is 45.4 Å². The third-order valence-corrected chi connectivity index (χ3v) is 3.46. The van der Waals surface area contributed by atoms with Crippen LogP contribution in [0.3, 0.4) is 0 Å². The minimum absolute atomic E-state index is 0.406. The van der Waals surface area contributed by atoms with Crippen molar-refractivity contribution in [3.8, 4) is 0 Å². The minimum Gasteiger partial charge on any atom is -0.497 e. The fraction of sp³-hybridized carbons (Fsp3) is 0.846. The van der Waals surface area contributed by atoms with Gasteiger partial charge in [-0.2, -0.15) is 0 Å². The van der Waals surface area contributed by atoms with Crippen molar-refractivity contribution in [2.24, 2.45) is 5.92 Å². The minimum atomic E-state index is 0.406. The Balaban J connectivity index is 1.63. The Kier molecular flexibility index (Phi) is 4.07. The van der Waals surface area contributed by atoms with E-state index in [1.807, 2.05) is 6.26 Å². The Morgan fingerprint density at radius 2 is 2.27 bits per heavy atom. The van der Waals surface area contributed by atoms with Crippen LogP contribution >= 0.6 is 0 Å². The molecule has 2 unspecified atom stereocenters. The molecule has 0 amide bonds. The molecule has 0 spiro atoms. The lowest BCUT2D eigenvalue weighted by molar-refractivity contribution is 0.118. The van der Waals surface area contributed by atoms with Gasteiger partial charge in [0.05, 0.1) is 6.26 Å². The second-order valence-corrected chi connectivity index (χ2v) is 4.90. The largest absolute Gasteiger partial charge is 0.497 e.